The van der Waals surface area contributed by atoms with Gasteiger partial charge in [-0.25, -0.2) is 0 Å². The van der Waals surface area contributed by atoms with Gasteiger partial charge in [0, 0.05) is 24.1 Å². The van der Waals surface area contributed by atoms with E-state index in [-0.39, 0.29) is 17.9 Å². The number of hydrogen-bond donors (Lipinski definition) is 2. The number of carbonyl (C=O) groups excluding carboxylic acids is 1. The van der Waals surface area contributed by atoms with Gasteiger partial charge < -0.3 is 20.1 Å². The molecule has 3 rings (SSSR count). The van der Waals surface area contributed by atoms with Gasteiger partial charge in [0.1, 0.15) is 11.5 Å². The van der Waals surface area contributed by atoms with Gasteiger partial charge in [-0.3, -0.25) is 4.79 Å². The maximum atomic E-state index is 12.3. The molecule has 24 heavy (non-hydrogen) atoms. The van der Waals surface area contributed by atoms with E-state index < -0.39 is 0 Å². The molecule has 2 N–H and O–H groups in total. The molecule has 0 spiro atoms. The number of benzene rings is 1. The third kappa shape index (κ3) is 4.41. The average Bonchev–Trinajstić information content (AvgIpc) is 3.14. The zero-order valence-corrected chi connectivity index (χ0v) is 14.5. The number of hydrogen-bond acceptors (Lipinski definition) is 4. The highest BCUT2D eigenvalue weighted by molar-refractivity contribution is 5.78. The Hall–Kier alpha value is -1.75. The predicted octanol–water partition coefficient (Wildman–Crippen LogP) is 2.63. The smallest absolute Gasteiger partial charge is 0.223 e. The van der Waals surface area contributed by atoms with Crippen molar-refractivity contribution in [2.24, 2.45) is 5.92 Å². The molecule has 1 aromatic carbocycles. The number of carbonyl (C=O) groups is 1. The van der Waals surface area contributed by atoms with Crippen molar-refractivity contribution in [2.75, 3.05) is 20.2 Å². The Bertz CT molecular complexity index is 550. The fraction of sp³-hybridized carbons (Fsp3) is 0.632. The lowest BCUT2D eigenvalue weighted by atomic mass is 9.97. The van der Waals surface area contributed by atoms with Gasteiger partial charge in [0.15, 0.2) is 0 Å². The number of methoxy groups -OCH3 is 1. The molecule has 0 bridgehead atoms. The molecule has 2 aliphatic rings. The second kappa shape index (κ2) is 8.38. The molecule has 1 saturated heterocycles. The second-order valence-corrected chi connectivity index (χ2v) is 6.74. The van der Waals surface area contributed by atoms with Crippen LogP contribution in [0.4, 0.5) is 0 Å². The summed E-state index contributed by atoms with van der Waals surface area (Å²) in [5, 5.41) is 6.38. The van der Waals surface area contributed by atoms with E-state index in [4.69, 9.17) is 9.47 Å². The third-order valence-electron chi connectivity index (χ3n) is 5.03. The van der Waals surface area contributed by atoms with E-state index in [1.807, 2.05) is 18.2 Å². The number of nitrogens with one attached hydrogen (secondary N) is 2. The molecule has 1 heterocycles. The summed E-state index contributed by atoms with van der Waals surface area (Å²) >= 11 is 0. The van der Waals surface area contributed by atoms with Gasteiger partial charge in [0.25, 0.3) is 0 Å². The first-order chi connectivity index (χ1) is 11.8. The second-order valence-electron chi connectivity index (χ2n) is 6.74. The van der Waals surface area contributed by atoms with Gasteiger partial charge in [-0.2, -0.15) is 0 Å². The summed E-state index contributed by atoms with van der Waals surface area (Å²) in [5.74, 6) is 1.91. The van der Waals surface area contributed by atoms with Crippen molar-refractivity contribution in [1.82, 2.24) is 10.6 Å². The van der Waals surface area contributed by atoms with Crippen LogP contribution in [0.5, 0.6) is 11.5 Å². The Kier molecular flexibility index (Phi) is 5.96. The Morgan fingerprint density at radius 2 is 1.96 bits per heavy atom. The van der Waals surface area contributed by atoms with Gasteiger partial charge in [0.2, 0.25) is 5.91 Å². The van der Waals surface area contributed by atoms with Crippen LogP contribution in [0.3, 0.4) is 0 Å². The highest BCUT2D eigenvalue weighted by atomic mass is 16.5. The summed E-state index contributed by atoms with van der Waals surface area (Å²) in [5.41, 5.74) is 1.02. The molecule has 1 aliphatic heterocycles. The predicted molar refractivity (Wildman–Crippen MR) is 93.3 cm³/mol. The SMILES string of the molecule is COc1ccc(CNC(=O)C2CCNCC2)c(OC2CCCC2)c1. The highest BCUT2D eigenvalue weighted by Crippen LogP contribution is 2.30. The van der Waals surface area contributed by atoms with E-state index in [2.05, 4.69) is 10.6 Å². The Labute approximate surface area is 144 Å². The van der Waals surface area contributed by atoms with Crippen LogP contribution in [0.15, 0.2) is 18.2 Å². The summed E-state index contributed by atoms with van der Waals surface area (Å²) in [4.78, 5) is 12.3. The lowest BCUT2D eigenvalue weighted by Gasteiger charge is -2.22. The summed E-state index contributed by atoms with van der Waals surface area (Å²) < 4.78 is 11.5. The topological polar surface area (TPSA) is 59.6 Å². The maximum Gasteiger partial charge on any atom is 0.223 e. The van der Waals surface area contributed by atoms with E-state index in [0.717, 1.165) is 55.8 Å². The van der Waals surface area contributed by atoms with Crippen molar-refractivity contribution in [3.05, 3.63) is 23.8 Å². The van der Waals surface area contributed by atoms with Crippen LogP contribution in [0.2, 0.25) is 0 Å². The van der Waals surface area contributed by atoms with E-state index in [9.17, 15) is 4.79 Å². The number of rotatable bonds is 6. The molecule has 0 unspecified atom stereocenters. The van der Waals surface area contributed by atoms with Crippen molar-refractivity contribution in [3.8, 4) is 11.5 Å². The fourth-order valence-corrected chi connectivity index (χ4v) is 3.51. The number of amides is 1. The third-order valence-corrected chi connectivity index (χ3v) is 5.03. The van der Waals surface area contributed by atoms with Gasteiger partial charge in [-0.1, -0.05) is 0 Å². The largest absolute Gasteiger partial charge is 0.497 e. The molecule has 5 nitrogen and oxygen atoms in total. The summed E-state index contributed by atoms with van der Waals surface area (Å²) in [6.45, 7) is 2.36. The fourth-order valence-electron chi connectivity index (χ4n) is 3.51. The maximum absolute atomic E-state index is 12.3. The van der Waals surface area contributed by atoms with Gasteiger partial charge in [0.05, 0.1) is 13.2 Å². The lowest BCUT2D eigenvalue weighted by Crippen LogP contribution is -2.37. The van der Waals surface area contributed by atoms with Gasteiger partial charge in [-0.15, -0.1) is 0 Å². The lowest BCUT2D eigenvalue weighted by molar-refractivity contribution is -0.125. The van der Waals surface area contributed by atoms with E-state index >= 15 is 0 Å². The zero-order valence-electron chi connectivity index (χ0n) is 14.5. The van der Waals surface area contributed by atoms with Crippen LogP contribution in [0.25, 0.3) is 0 Å². The van der Waals surface area contributed by atoms with Gasteiger partial charge in [-0.05, 0) is 63.7 Å². The highest BCUT2D eigenvalue weighted by Gasteiger charge is 2.22. The minimum atomic E-state index is 0.128. The number of piperidine rings is 1. The summed E-state index contributed by atoms with van der Waals surface area (Å²) in [7, 11) is 1.66. The molecule has 1 saturated carbocycles. The van der Waals surface area contributed by atoms with Gasteiger partial charge >= 0.3 is 0 Å². The van der Waals surface area contributed by atoms with E-state index in [1.54, 1.807) is 7.11 Å². The van der Waals surface area contributed by atoms with E-state index in [0.29, 0.717) is 6.54 Å². The average molecular weight is 332 g/mol. The molecule has 2 fully saturated rings. The molecule has 1 aromatic rings. The minimum absolute atomic E-state index is 0.128. The molecule has 1 amide bonds. The quantitative estimate of drug-likeness (QED) is 0.841. The van der Waals surface area contributed by atoms with Crippen molar-refractivity contribution in [2.45, 2.75) is 51.2 Å². The van der Waals surface area contributed by atoms with Crippen molar-refractivity contribution >= 4 is 5.91 Å². The molecule has 5 heteroatoms. The van der Waals surface area contributed by atoms with Crippen molar-refractivity contribution in [3.63, 3.8) is 0 Å². The molecular weight excluding hydrogens is 304 g/mol. The van der Waals surface area contributed by atoms with Crippen LogP contribution in [-0.4, -0.2) is 32.2 Å². The molecule has 0 radical (unpaired) electrons. The summed E-state index contributed by atoms with van der Waals surface area (Å²) in [6.07, 6.45) is 6.80. The van der Waals surface area contributed by atoms with Crippen LogP contribution < -0.4 is 20.1 Å². The molecule has 1 aliphatic carbocycles. The molecule has 132 valence electrons. The molecule has 0 atom stereocenters. The molecular formula is C19H28N2O3. The number of ether oxygens (including phenoxy) is 2. The normalized spacial score (nSPS) is 19.2. The van der Waals surface area contributed by atoms with Crippen molar-refractivity contribution < 1.29 is 14.3 Å². The standard InChI is InChI=1S/C19H28N2O3/c1-23-17-7-6-15(18(12-17)24-16-4-2-3-5-16)13-21-19(22)14-8-10-20-11-9-14/h6-7,12,14,16,20H,2-5,8-11,13H2,1H3,(H,21,22). The van der Waals surface area contributed by atoms with Crippen molar-refractivity contribution in [1.29, 1.82) is 0 Å². The Morgan fingerprint density at radius 1 is 1.21 bits per heavy atom. The minimum Gasteiger partial charge on any atom is -0.497 e. The molecule has 0 aromatic heterocycles. The first-order valence-corrected chi connectivity index (χ1v) is 9.08. The van der Waals surface area contributed by atoms with Crippen LogP contribution >= 0.6 is 0 Å². The summed E-state index contributed by atoms with van der Waals surface area (Å²) in [6, 6.07) is 5.85. The van der Waals surface area contributed by atoms with Crippen LogP contribution in [-0.2, 0) is 11.3 Å². The first-order valence-electron chi connectivity index (χ1n) is 9.08. The first kappa shape index (κ1) is 17.1. The Balaban J connectivity index is 1.63. The zero-order chi connectivity index (χ0) is 16.8. The van der Waals surface area contributed by atoms with E-state index in [1.165, 1.54) is 12.8 Å². The monoisotopic (exact) mass is 332 g/mol. The Morgan fingerprint density at radius 3 is 2.67 bits per heavy atom. The van der Waals surface area contributed by atoms with Crippen LogP contribution in [0, 0.1) is 5.92 Å². The van der Waals surface area contributed by atoms with Crippen LogP contribution in [0.1, 0.15) is 44.1 Å².